The average molecular weight is 313 g/mol. The fourth-order valence-electron chi connectivity index (χ4n) is 1.79. The van der Waals surface area contributed by atoms with Gasteiger partial charge in [0.1, 0.15) is 11.5 Å². The van der Waals surface area contributed by atoms with Gasteiger partial charge in [-0.05, 0) is 30.3 Å². The Morgan fingerprint density at radius 3 is 2.48 bits per heavy atom. The Morgan fingerprint density at radius 2 is 1.86 bits per heavy atom. The SMILES string of the molecule is COc1ccc(C(=O)c2cccc(OC(F)F)c2)cc1Cl. The standard InChI is InChI=1S/C15H11ClF2O3/c1-20-13-6-5-10(8-12(13)16)14(19)9-3-2-4-11(7-9)21-15(17)18/h2-8,15H,1H3. The van der Waals surface area contributed by atoms with Crippen molar-refractivity contribution < 1.29 is 23.0 Å². The van der Waals surface area contributed by atoms with Gasteiger partial charge in [0, 0.05) is 11.1 Å². The molecule has 0 aliphatic carbocycles. The maximum Gasteiger partial charge on any atom is 0.387 e. The van der Waals surface area contributed by atoms with Crippen molar-refractivity contribution >= 4 is 17.4 Å². The Balaban J connectivity index is 2.29. The van der Waals surface area contributed by atoms with Gasteiger partial charge >= 0.3 is 6.61 Å². The van der Waals surface area contributed by atoms with Crippen LogP contribution in [0.25, 0.3) is 0 Å². The number of carbonyl (C=O) groups excluding carboxylic acids is 1. The van der Waals surface area contributed by atoms with Gasteiger partial charge in [-0.2, -0.15) is 8.78 Å². The summed E-state index contributed by atoms with van der Waals surface area (Å²) in [7, 11) is 1.47. The lowest BCUT2D eigenvalue weighted by Crippen LogP contribution is -2.05. The minimum Gasteiger partial charge on any atom is -0.495 e. The van der Waals surface area contributed by atoms with E-state index in [1.807, 2.05) is 0 Å². The molecule has 2 aromatic rings. The molecule has 0 bridgehead atoms. The summed E-state index contributed by atoms with van der Waals surface area (Å²) in [5.41, 5.74) is 0.560. The van der Waals surface area contributed by atoms with Gasteiger partial charge in [0.15, 0.2) is 5.78 Å². The first-order chi connectivity index (χ1) is 10.0. The van der Waals surface area contributed by atoms with Crippen LogP contribution in [0.15, 0.2) is 42.5 Å². The molecule has 0 heterocycles. The van der Waals surface area contributed by atoms with E-state index in [0.717, 1.165) is 0 Å². The molecule has 0 spiro atoms. The highest BCUT2D eigenvalue weighted by Gasteiger charge is 2.13. The van der Waals surface area contributed by atoms with Gasteiger partial charge < -0.3 is 9.47 Å². The van der Waals surface area contributed by atoms with Crippen LogP contribution in [0, 0.1) is 0 Å². The molecule has 6 heteroatoms. The fourth-order valence-corrected chi connectivity index (χ4v) is 2.05. The third-order valence-electron chi connectivity index (χ3n) is 2.74. The molecule has 0 aliphatic rings. The number of ether oxygens (including phenoxy) is 2. The maximum absolute atomic E-state index is 12.3. The Morgan fingerprint density at radius 1 is 1.14 bits per heavy atom. The van der Waals surface area contributed by atoms with Gasteiger partial charge in [-0.25, -0.2) is 0 Å². The molecule has 2 rings (SSSR count). The fraction of sp³-hybridized carbons (Fsp3) is 0.133. The summed E-state index contributed by atoms with van der Waals surface area (Å²) in [5, 5.41) is 0.295. The molecular formula is C15H11ClF2O3. The smallest absolute Gasteiger partial charge is 0.387 e. The summed E-state index contributed by atoms with van der Waals surface area (Å²) in [4.78, 5) is 12.3. The van der Waals surface area contributed by atoms with Gasteiger partial charge in [-0.1, -0.05) is 23.7 Å². The quantitative estimate of drug-likeness (QED) is 0.777. The van der Waals surface area contributed by atoms with Crippen LogP contribution in [-0.4, -0.2) is 19.5 Å². The Labute approximate surface area is 125 Å². The van der Waals surface area contributed by atoms with Crippen LogP contribution in [0.5, 0.6) is 11.5 Å². The highest BCUT2D eigenvalue weighted by atomic mass is 35.5. The molecule has 0 fully saturated rings. The number of methoxy groups -OCH3 is 1. The second-order valence-corrected chi connectivity index (χ2v) is 4.49. The third kappa shape index (κ3) is 3.70. The van der Waals surface area contributed by atoms with E-state index in [0.29, 0.717) is 16.3 Å². The van der Waals surface area contributed by atoms with E-state index in [-0.39, 0.29) is 17.1 Å². The summed E-state index contributed by atoms with van der Waals surface area (Å²) in [5.74, 6) is 0.0257. The molecule has 0 saturated carbocycles. The number of benzene rings is 2. The van der Waals surface area contributed by atoms with Crippen LogP contribution in [0.4, 0.5) is 8.78 Å². The molecule has 0 N–H and O–H groups in total. The van der Waals surface area contributed by atoms with Crippen molar-refractivity contribution in [3.8, 4) is 11.5 Å². The van der Waals surface area contributed by atoms with Gasteiger partial charge in [-0.3, -0.25) is 4.79 Å². The lowest BCUT2D eigenvalue weighted by atomic mass is 10.0. The van der Waals surface area contributed by atoms with Gasteiger partial charge in [0.05, 0.1) is 12.1 Å². The van der Waals surface area contributed by atoms with Crippen LogP contribution in [0.3, 0.4) is 0 Å². The number of hydrogen-bond acceptors (Lipinski definition) is 3. The predicted molar refractivity (Wildman–Crippen MR) is 74.5 cm³/mol. The molecule has 3 nitrogen and oxygen atoms in total. The lowest BCUT2D eigenvalue weighted by molar-refractivity contribution is -0.0498. The van der Waals surface area contributed by atoms with E-state index in [1.165, 1.54) is 37.4 Å². The molecule has 0 saturated heterocycles. The van der Waals surface area contributed by atoms with Crippen molar-refractivity contribution in [2.45, 2.75) is 6.61 Å². The van der Waals surface area contributed by atoms with E-state index in [1.54, 1.807) is 12.1 Å². The topological polar surface area (TPSA) is 35.5 Å². The average Bonchev–Trinajstić information content (AvgIpc) is 2.46. The molecule has 0 radical (unpaired) electrons. The lowest BCUT2D eigenvalue weighted by Gasteiger charge is -2.08. The molecule has 0 aliphatic heterocycles. The molecule has 0 amide bonds. The van der Waals surface area contributed by atoms with Crippen molar-refractivity contribution in [1.29, 1.82) is 0 Å². The third-order valence-corrected chi connectivity index (χ3v) is 3.03. The maximum atomic E-state index is 12.3. The summed E-state index contributed by atoms with van der Waals surface area (Å²) < 4.78 is 33.6. The highest BCUT2D eigenvalue weighted by Crippen LogP contribution is 2.26. The van der Waals surface area contributed by atoms with Crippen LogP contribution in [0.1, 0.15) is 15.9 Å². The molecule has 110 valence electrons. The Kier molecular flexibility index (Phi) is 4.75. The van der Waals surface area contributed by atoms with E-state index < -0.39 is 6.61 Å². The van der Waals surface area contributed by atoms with Crippen LogP contribution in [0.2, 0.25) is 5.02 Å². The molecule has 21 heavy (non-hydrogen) atoms. The number of alkyl halides is 2. The first-order valence-electron chi connectivity index (χ1n) is 5.94. The van der Waals surface area contributed by atoms with E-state index in [9.17, 15) is 13.6 Å². The van der Waals surface area contributed by atoms with Gasteiger partial charge in [0.2, 0.25) is 0 Å². The molecular weight excluding hydrogens is 302 g/mol. The van der Waals surface area contributed by atoms with E-state index >= 15 is 0 Å². The van der Waals surface area contributed by atoms with Crippen molar-refractivity contribution in [2.24, 2.45) is 0 Å². The molecule has 0 unspecified atom stereocenters. The minimum atomic E-state index is -2.94. The van der Waals surface area contributed by atoms with Crippen LogP contribution >= 0.6 is 11.6 Å². The zero-order chi connectivity index (χ0) is 15.4. The zero-order valence-electron chi connectivity index (χ0n) is 11.0. The van der Waals surface area contributed by atoms with E-state index in [2.05, 4.69) is 4.74 Å². The normalized spacial score (nSPS) is 10.5. The van der Waals surface area contributed by atoms with Crippen molar-refractivity contribution in [1.82, 2.24) is 0 Å². The molecule has 2 aromatic carbocycles. The first-order valence-corrected chi connectivity index (χ1v) is 6.32. The minimum absolute atomic E-state index is 0.0736. The molecule has 0 atom stereocenters. The second kappa shape index (κ2) is 6.54. The Bertz CT molecular complexity index is 659. The summed E-state index contributed by atoms with van der Waals surface area (Å²) in [6.07, 6.45) is 0. The largest absolute Gasteiger partial charge is 0.495 e. The van der Waals surface area contributed by atoms with Gasteiger partial charge in [0.25, 0.3) is 0 Å². The van der Waals surface area contributed by atoms with Crippen LogP contribution < -0.4 is 9.47 Å². The molecule has 0 aromatic heterocycles. The number of hydrogen-bond donors (Lipinski definition) is 0. The monoisotopic (exact) mass is 312 g/mol. The number of rotatable bonds is 5. The summed E-state index contributed by atoms with van der Waals surface area (Å²) in [6, 6.07) is 10.2. The number of halogens is 3. The van der Waals surface area contributed by atoms with Crippen molar-refractivity contribution in [3.63, 3.8) is 0 Å². The van der Waals surface area contributed by atoms with Crippen molar-refractivity contribution in [2.75, 3.05) is 7.11 Å². The second-order valence-electron chi connectivity index (χ2n) is 4.08. The highest BCUT2D eigenvalue weighted by molar-refractivity contribution is 6.32. The first kappa shape index (κ1) is 15.3. The zero-order valence-corrected chi connectivity index (χ0v) is 11.7. The number of carbonyl (C=O) groups is 1. The van der Waals surface area contributed by atoms with E-state index in [4.69, 9.17) is 16.3 Å². The van der Waals surface area contributed by atoms with Crippen LogP contribution in [-0.2, 0) is 0 Å². The predicted octanol–water partition coefficient (Wildman–Crippen LogP) is 4.18. The summed E-state index contributed by atoms with van der Waals surface area (Å²) in [6.45, 7) is -2.94. The summed E-state index contributed by atoms with van der Waals surface area (Å²) >= 11 is 5.96. The number of ketones is 1. The Hall–Kier alpha value is -2.14. The van der Waals surface area contributed by atoms with Gasteiger partial charge in [-0.15, -0.1) is 0 Å². The van der Waals surface area contributed by atoms with Crippen molar-refractivity contribution in [3.05, 3.63) is 58.6 Å².